The van der Waals surface area contributed by atoms with Gasteiger partial charge in [0.2, 0.25) is 11.8 Å². The van der Waals surface area contributed by atoms with E-state index in [0.717, 1.165) is 50.0 Å². The maximum absolute atomic E-state index is 12.9. The molecule has 0 N–H and O–H groups in total. The summed E-state index contributed by atoms with van der Waals surface area (Å²) in [6.45, 7) is 10.9. The van der Waals surface area contributed by atoms with Crippen molar-refractivity contribution < 1.29 is 9.59 Å². The Morgan fingerprint density at radius 1 is 1.21 bits per heavy atom. The van der Waals surface area contributed by atoms with Gasteiger partial charge in [-0.05, 0) is 51.0 Å². The van der Waals surface area contributed by atoms with Gasteiger partial charge in [-0.25, -0.2) is 4.68 Å². The van der Waals surface area contributed by atoms with E-state index >= 15 is 0 Å². The molecule has 7 nitrogen and oxygen atoms in total. The van der Waals surface area contributed by atoms with Crippen LogP contribution in [0.3, 0.4) is 0 Å². The van der Waals surface area contributed by atoms with Gasteiger partial charge < -0.3 is 9.80 Å². The highest BCUT2D eigenvalue weighted by atomic mass is 16.2. The van der Waals surface area contributed by atoms with Crippen LogP contribution in [0.2, 0.25) is 0 Å². The Bertz CT molecular complexity index is 832. The quantitative estimate of drug-likeness (QED) is 0.756. The van der Waals surface area contributed by atoms with Crippen LogP contribution in [0.15, 0.2) is 10.9 Å². The summed E-state index contributed by atoms with van der Waals surface area (Å²) in [6, 6.07) is 1.53. The number of carbonyl (C=O) groups excluding carboxylic acids is 2. The molecule has 3 heterocycles. The number of amides is 2. The van der Waals surface area contributed by atoms with Crippen LogP contribution in [0.1, 0.15) is 57.2 Å². The summed E-state index contributed by atoms with van der Waals surface area (Å²) in [5, 5.41) is 4.28. The third kappa shape index (κ3) is 5.06. The van der Waals surface area contributed by atoms with Gasteiger partial charge in [0, 0.05) is 44.1 Å². The highest BCUT2D eigenvalue weighted by Crippen LogP contribution is 2.39. The summed E-state index contributed by atoms with van der Waals surface area (Å²) < 4.78 is 1.27. The van der Waals surface area contributed by atoms with Crippen molar-refractivity contribution in [1.82, 2.24) is 19.6 Å². The van der Waals surface area contributed by atoms with Crippen LogP contribution in [-0.2, 0) is 16.1 Å². The van der Waals surface area contributed by atoms with Crippen molar-refractivity contribution >= 4 is 11.8 Å². The Hall–Kier alpha value is -2.18. The fourth-order valence-corrected chi connectivity index (χ4v) is 4.49. The number of carbonyl (C=O) groups is 2. The first kappa shape index (κ1) is 21.5. The van der Waals surface area contributed by atoms with Gasteiger partial charge in [0.1, 0.15) is 6.54 Å². The largest absolute Gasteiger partial charge is 0.342 e. The van der Waals surface area contributed by atoms with Crippen LogP contribution < -0.4 is 5.56 Å². The second-order valence-electron chi connectivity index (χ2n) is 9.33. The molecule has 0 unspecified atom stereocenters. The van der Waals surface area contributed by atoms with E-state index in [-0.39, 0.29) is 29.3 Å². The van der Waals surface area contributed by atoms with E-state index < -0.39 is 0 Å². The molecule has 2 saturated heterocycles. The number of aryl methyl sites for hydroxylation is 2. The second-order valence-corrected chi connectivity index (χ2v) is 9.33. The summed E-state index contributed by atoms with van der Waals surface area (Å²) in [4.78, 5) is 41.4. The van der Waals surface area contributed by atoms with Gasteiger partial charge in [0.05, 0.1) is 5.69 Å². The number of rotatable bonds is 5. The molecule has 2 amide bonds. The number of likely N-dealkylation sites (tertiary alicyclic amines) is 2. The first-order chi connectivity index (χ1) is 13.7. The van der Waals surface area contributed by atoms with Crippen LogP contribution in [0, 0.1) is 25.2 Å². The van der Waals surface area contributed by atoms with Crippen molar-refractivity contribution in [2.45, 2.75) is 66.3 Å². The molecule has 29 heavy (non-hydrogen) atoms. The molecule has 1 aromatic heterocycles. The van der Waals surface area contributed by atoms with Crippen molar-refractivity contribution in [1.29, 1.82) is 0 Å². The van der Waals surface area contributed by atoms with Crippen LogP contribution in [0.25, 0.3) is 0 Å². The minimum absolute atomic E-state index is 0.0135. The zero-order valence-electron chi connectivity index (χ0n) is 18.2. The Kier molecular flexibility index (Phi) is 6.44. The van der Waals surface area contributed by atoms with Crippen LogP contribution in [-0.4, -0.2) is 57.6 Å². The molecule has 0 bridgehead atoms. The maximum atomic E-state index is 12.9. The standard InChI is InChI=1S/C22H34N4O3/c1-16(2)7-11-25-15-22(9-6-19(25)27)8-5-10-24(14-22)21(29)13-26-20(28)12-17(3)18(4)23-26/h12,16H,5-11,13-15H2,1-4H3/t22-/m1/s1. The van der Waals surface area contributed by atoms with E-state index in [9.17, 15) is 14.4 Å². The lowest BCUT2D eigenvalue weighted by molar-refractivity contribution is -0.143. The summed E-state index contributed by atoms with van der Waals surface area (Å²) in [5.74, 6) is 0.743. The van der Waals surface area contributed by atoms with Crippen LogP contribution >= 0.6 is 0 Å². The summed E-state index contributed by atoms with van der Waals surface area (Å²) in [6.07, 6.45) is 4.40. The molecule has 2 aliphatic rings. The Labute approximate surface area is 173 Å². The topological polar surface area (TPSA) is 75.5 Å². The highest BCUT2D eigenvalue weighted by Gasteiger charge is 2.42. The molecular weight excluding hydrogens is 368 g/mol. The molecule has 0 aromatic carbocycles. The van der Waals surface area contributed by atoms with E-state index in [1.54, 1.807) is 0 Å². The fourth-order valence-electron chi connectivity index (χ4n) is 4.49. The molecule has 1 aromatic rings. The van der Waals surface area contributed by atoms with E-state index in [2.05, 4.69) is 18.9 Å². The zero-order valence-corrected chi connectivity index (χ0v) is 18.2. The van der Waals surface area contributed by atoms with Crippen LogP contribution in [0.5, 0.6) is 0 Å². The molecule has 2 aliphatic heterocycles. The molecule has 3 rings (SSSR count). The Balaban J connectivity index is 1.68. The molecule has 1 atom stereocenters. The molecule has 160 valence electrons. The molecule has 7 heteroatoms. The van der Waals surface area contributed by atoms with E-state index in [1.165, 1.54) is 10.7 Å². The molecule has 1 spiro atoms. The SMILES string of the molecule is Cc1cc(=O)n(CC(=O)N2CCC[C@@]3(CCC(=O)N(CCC(C)C)C3)C2)nc1C. The maximum Gasteiger partial charge on any atom is 0.267 e. The Morgan fingerprint density at radius 2 is 1.97 bits per heavy atom. The van der Waals surface area contributed by atoms with Crippen molar-refractivity contribution in [2.75, 3.05) is 26.2 Å². The van der Waals surface area contributed by atoms with Gasteiger partial charge in [-0.2, -0.15) is 5.10 Å². The van der Waals surface area contributed by atoms with Gasteiger partial charge >= 0.3 is 0 Å². The summed E-state index contributed by atoms with van der Waals surface area (Å²) in [5.41, 5.74) is 1.35. The lowest BCUT2D eigenvalue weighted by Gasteiger charge is -2.48. The highest BCUT2D eigenvalue weighted by molar-refractivity contribution is 5.78. The predicted molar refractivity (Wildman–Crippen MR) is 111 cm³/mol. The van der Waals surface area contributed by atoms with E-state index in [0.29, 0.717) is 25.4 Å². The third-order valence-corrected chi connectivity index (χ3v) is 6.46. The number of aromatic nitrogens is 2. The number of hydrogen-bond donors (Lipinski definition) is 0. The van der Waals surface area contributed by atoms with Gasteiger partial charge in [0.15, 0.2) is 0 Å². The smallest absolute Gasteiger partial charge is 0.267 e. The number of hydrogen-bond acceptors (Lipinski definition) is 4. The van der Waals surface area contributed by atoms with Gasteiger partial charge in [-0.3, -0.25) is 14.4 Å². The van der Waals surface area contributed by atoms with E-state index in [1.807, 2.05) is 23.6 Å². The molecule has 0 saturated carbocycles. The number of nitrogens with zero attached hydrogens (tertiary/aromatic N) is 4. The van der Waals surface area contributed by atoms with Gasteiger partial charge in [-0.1, -0.05) is 13.8 Å². The van der Waals surface area contributed by atoms with Crippen molar-refractivity contribution in [3.05, 3.63) is 27.7 Å². The average Bonchev–Trinajstić information content (AvgIpc) is 2.67. The minimum atomic E-state index is -0.240. The van der Waals surface area contributed by atoms with Gasteiger partial charge in [-0.15, -0.1) is 0 Å². The monoisotopic (exact) mass is 402 g/mol. The lowest BCUT2D eigenvalue weighted by atomic mass is 9.73. The van der Waals surface area contributed by atoms with Crippen molar-refractivity contribution in [2.24, 2.45) is 11.3 Å². The lowest BCUT2D eigenvalue weighted by Crippen LogP contribution is -2.55. The molecule has 2 fully saturated rings. The van der Waals surface area contributed by atoms with Crippen molar-refractivity contribution in [3.8, 4) is 0 Å². The zero-order chi connectivity index (χ0) is 21.2. The fraction of sp³-hybridized carbons (Fsp3) is 0.727. The van der Waals surface area contributed by atoms with Gasteiger partial charge in [0.25, 0.3) is 5.56 Å². The normalized spacial score (nSPS) is 22.6. The second kappa shape index (κ2) is 8.67. The molecule has 0 aliphatic carbocycles. The average molecular weight is 403 g/mol. The first-order valence-corrected chi connectivity index (χ1v) is 10.8. The number of piperidine rings is 2. The first-order valence-electron chi connectivity index (χ1n) is 10.8. The molecular formula is C22H34N4O3. The van der Waals surface area contributed by atoms with Crippen LogP contribution in [0.4, 0.5) is 0 Å². The minimum Gasteiger partial charge on any atom is -0.342 e. The summed E-state index contributed by atoms with van der Waals surface area (Å²) >= 11 is 0. The Morgan fingerprint density at radius 3 is 2.69 bits per heavy atom. The van der Waals surface area contributed by atoms with E-state index in [4.69, 9.17) is 0 Å². The predicted octanol–water partition coefficient (Wildman–Crippen LogP) is 2.14. The summed E-state index contributed by atoms with van der Waals surface area (Å²) in [7, 11) is 0. The van der Waals surface area contributed by atoms with Crippen molar-refractivity contribution in [3.63, 3.8) is 0 Å². The molecule has 0 radical (unpaired) electrons. The third-order valence-electron chi connectivity index (χ3n) is 6.46.